The lowest BCUT2D eigenvalue weighted by atomic mass is 10.2. The van der Waals surface area contributed by atoms with Gasteiger partial charge in [-0.3, -0.25) is 10.1 Å². The van der Waals surface area contributed by atoms with Crippen LogP contribution in [0.25, 0.3) is 20.8 Å². The lowest BCUT2D eigenvalue weighted by Crippen LogP contribution is -2.34. The summed E-state index contributed by atoms with van der Waals surface area (Å²) in [7, 11) is 1.58. The third kappa shape index (κ3) is 4.98. The van der Waals surface area contributed by atoms with Gasteiger partial charge in [0.25, 0.3) is 5.91 Å². The van der Waals surface area contributed by atoms with E-state index in [0.717, 1.165) is 24.4 Å². The summed E-state index contributed by atoms with van der Waals surface area (Å²) in [4.78, 5) is 17.3. The molecular weight excluding hydrogens is 565 g/mol. The second kappa shape index (κ2) is 9.47. The number of hydrogen-bond donors (Lipinski definition) is 2. The van der Waals surface area contributed by atoms with Crippen LogP contribution in [0.4, 0.5) is 5.69 Å². The number of thiazole rings is 1. The average molecular weight is 580 g/mol. The summed E-state index contributed by atoms with van der Waals surface area (Å²) in [6.07, 6.45) is 0. The normalized spacial score (nSPS) is 10.7. The molecular formula is C22H15ClIN3O2S2. The number of rotatable bonds is 4. The number of carbonyl (C=O) groups excluding carboxylic acids is 1. The Morgan fingerprint density at radius 1 is 1.16 bits per heavy atom. The zero-order chi connectivity index (χ0) is 22.0. The molecule has 31 heavy (non-hydrogen) atoms. The third-order valence-corrected chi connectivity index (χ3v) is 6.85. The number of para-hydroxylation sites is 1. The number of amides is 1. The highest BCUT2D eigenvalue weighted by atomic mass is 127. The van der Waals surface area contributed by atoms with Crippen molar-refractivity contribution in [1.29, 1.82) is 0 Å². The van der Waals surface area contributed by atoms with E-state index >= 15 is 0 Å². The van der Waals surface area contributed by atoms with Gasteiger partial charge in [-0.2, -0.15) is 0 Å². The first-order chi connectivity index (χ1) is 14.9. The summed E-state index contributed by atoms with van der Waals surface area (Å²) in [6, 6.07) is 18.8. The van der Waals surface area contributed by atoms with Crippen molar-refractivity contribution in [3.05, 3.63) is 74.8 Å². The summed E-state index contributed by atoms with van der Waals surface area (Å²) in [6.45, 7) is 0. The molecule has 0 atom stereocenters. The molecule has 1 heterocycles. The molecule has 0 fully saturated rings. The highest BCUT2D eigenvalue weighted by Crippen LogP contribution is 2.34. The van der Waals surface area contributed by atoms with Crippen molar-refractivity contribution < 1.29 is 9.53 Å². The van der Waals surface area contributed by atoms with Gasteiger partial charge in [0.05, 0.1) is 28.6 Å². The first-order valence-electron chi connectivity index (χ1n) is 9.06. The molecule has 0 aliphatic carbocycles. The smallest absolute Gasteiger partial charge is 0.258 e. The molecule has 4 rings (SSSR count). The molecule has 156 valence electrons. The molecule has 0 radical (unpaired) electrons. The van der Waals surface area contributed by atoms with Gasteiger partial charge < -0.3 is 10.1 Å². The number of benzene rings is 3. The number of ether oxygens (including phenoxy) is 1. The number of thiocarbonyl (C=S) groups is 1. The van der Waals surface area contributed by atoms with Gasteiger partial charge in [0.1, 0.15) is 10.8 Å². The largest absolute Gasteiger partial charge is 0.495 e. The monoisotopic (exact) mass is 579 g/mol. The highest BCUT2D eigenvalue weighted by Gasteiger charge is 2.15. The zero-order valence-corrected chi connectivity index (χ0v) is 20.7. The van der Waals surface area contributed by atoms with Crippen molar-refractivity contribution in [1.82, 2.24) is 10.3 Å². The Balaban J connectivity index is 1.57. The molecule has 0 saturated carbocycles. The molecule has 2 N–H and O–H groups in total. The van der Waals surface area contributed by atoms with Crippen molar-refractivity contribution in [2.24, 2.45) is 0 Å². The van der Waals surface area contributed by atoms with E-state index in [2.05, 4.69) is 33.2 Å². The molecule has 0 spiro atoms. The van der Waals surface area contributed by atoms with Crippen molar-refractivity contribution in [2.75, 3.05) is 12.4 Å². The minimum Gasteiger partial charge on any atom is -0.495 e. The van der Waals surface area contributed by atoms with Gasteiger partial charge >= 0.3 is 0 Å². The fraction of sp³-hybridized carbons (Fsp3) is 0.0455. The predicted molar refractivity (Wildman–Crippen MR) is 139 cm³/mol. The van der Waals surface area contributed by atoms with Crippen molar-refractivity contribution in [3.8, 4) is 16.3 Å². The van der Waals surface area contributed by atoms with Gasteiger partial charge in [-0.1, -0.05) is 23.7 Å². The van der Waals surface area contributed by atoms with Gasteiger partial charge in [-0.15, -0.1) is 11.3 Å². The molecule has 0 unspecified atom stereocenters. The van der Waals surface area contributed by atoms with Gasteiger partial charge in [0.15, 0.2) is 5.11 Å². The maximum Gasteiger partial charge on any atom is 0.258 e. The molecule has 0 saturated heterocycles. The Bertz CT molecular complexity index is 1280. The summed E-state index contributed by atoms with van der Waals surface area (Å²) < 4.78 is 7.34. The highest BCUT2D eigenvalue weighted by molar-refractivity contribution is 14.1. The minimum atomic E-state index is -0.342. The van der Waals surface area contributed by atoms with E-state index in [0.29, 0.717) is 22.0 Å². The first kappa shape index (κ1) is 21.9. The Kier molecular flexibility index (Phi) is 6.71. The molecule has 1 aromatic heterocycles. The fourth-order valence-electron chi connectivity index (χ4n) is 2.93. The van der Waals surface area contributed by atoms with Crippen molar-refractivity contribution in [3.63, 3.8) is 0 Å². The van der Waals surface area contributed by atoms with E-state index < -0.39 is 0 Å². The lowest BCUT2D eigenvalue weighted by Gasteiger charge is -2.14. The molecule has 3 aromatic carbocycles. The summed E-state index contributed by atoms with van der Waals surface area (Å²) in [5, 5.41) is 7.27. The Labute approximate surface area is 206 Å². The van der Waals surface area contributed by atoms with E-state index in [9.17, 15) is 4.79 Å². The number of halogens is 2. The predicted octanol–water partition coefficient (Wildman–Crippen LogP) is 6.36. The number of nitrogens with one attached hydrogen (secondary N) is 2. The number of carbonyl (C=O) groups is 1. The molecule has 0 bridgehead atoms. The number of aromatic nitrogens is 1. The number of hydrogen-bond acceptors (Lipinski definition) is 5. The Hall–Kier alpha value is -2.27. The quantitative estimate of drug-likeness (QED) is 0.218. The Morgan fingerprint density at radius 3 is 2.74 bits per heavy atom. The molecule has 1 amide bonds. The van der Waals surface area contributed by atoms with Crippen LogP contribution in [0.3, 0.4) is 0 Å². The van der Waals surface area contributed by atoms with Gasteiger partial charge in [-0.25, -0.2) is 4.98 Å². The van der Waals surface area contributed by atoms with Crippen LogP contribution < -0.4 is 15.4 Å². The van der Waals surface area contributed by atoms with Crippen LogP contribution in [0.2, 0.25) is 5.02 Å². The topological polar surface area (TPSA) is 63.2 Å². The fourth-order valence-corrected chi connectivity index (χ4v) is 4.85. The van der Waals surface area contributed by atoms with E-state index in [1.165, 1.54) is 0 Å². The molecule has 5 nitrogen and oxygen atoms in total. The minimum absolute atomic E-state index is 0.153. The standard InChI is InChI=1S/C22H15ClIN3O2S2/c1-29-18-9-6-12(21-25-16-4-2-3-5-19(16)31-21)10-17(18)26-22(30)27-20(28)14-11-13(23)7-8-15(14)24/h2-11H,1H3,(H2,26,27,28,30). The van der Waals surface area contributed by atoms with Crippen LogP contribution in [-0.4, -0.2) is 23.1 Å². The number of nitrogens with zero attached hydrogens (tertiary/aromatic N) is 1. The maximum atomic E-state index is 12.6. The molecule has 9 heteroatoms. The molecule has 4 aromatic rings. The zero-order valence-electron chi connectivity index (χ0n) is 16.1. The third-order valence-electron chi connectivity index (χ3n) is 4.39. The average Bonchev–Trinajstić information content (AvgIpc) is 3.19. The van der Waals surface area contributed by atoms with E-state index in [-0.39, 0.29) is 11.0 Å². The Morgan fingerprint density at radius 2 is 1.97 bits per heavy atom. The van der Waals surface area contributed by atoms with Gasteiger partial charge in [0.2, 0.25) is 0 Å². The number of anilines is 1. The van der Waals surface area contributed by atoms with E-state index in [4.69, 9.17) is 33.5 Å². The van der Waals surface area contributed by atoms with E-state index in [1.54, 1.807) is 36.6 Å². The number of fused-ring (bicyclic) bond motifs is 1. The molecule has 0 aliphatic rings. The summed E-state index contributed by atoms with van der Waals surface area (Å²) >= 11 is 15.1. The van der Waals surface area contributed by atoms with Gasteiger partial charge in [0, 0.05) is 14.2 Å². The van der Waals surface area contributed by atoms with Crippen LogP contribution in [0.1, 0.15) is 10.4 Å². The van der Waals surface area contributed by atoms with Crippen LogP contribution in [0.15, 0.2) is 60.7 Å². The summed E-state index contributed by atoms with van der Waals surface area (Å²) in [5.41, 5.74) is 2.95. The van der Waals surface area contributed by atoms with Crippen molar-refractivity contribution >= 4 is 84.7 Å². The maximum absolute atomic E-state index is 12.6. The lowest BCUT2D eigenvalue weighted by molar-refractivity contribution is 0.0977. The second-order valence-corrected chi connectivity index (χ2v) is 9.47. The van der Waals surface area contributed by atoms with E-state index in [1.807, 2.05) is 42.5 Å². The van der Waals surface area contributed by atoms with Crippen LogP contribution in [0.5, 0.6) is 5.75 Å². The second-order valence-electron chi connectivity index (χ2n) is 6.43. The number of methoxy groups -OCH3 is 1. The SMILES string of the molecule is COc1ccc(-c2nc3ccccc3s2)cc1NC(=S)NC(=O)c1cc(Cl)ccc1I. The van der Waals surface area contributed by atoms with Crippen LogP contribution in [-0.2, 0) is 0 Å². The molecule has 0 aliphatic heterocycles. The van der Waals surface area contributed by atoms with Crippen molar-refractivity contribution in [2.45, 2.75) is 0 Å². The first-order valence-corrected chi connectivity index (χ1v) is 11.7. The van der Waals surface area contributed by atoms with Crippen LogP contribution >= 0.6 is 57.7 Å². The van der Waals surface area contributed by atoms with Crippen LogP contribution in [0, 0.1) is 3.57 Å². The summed E-state index contributed by atoms with van der Waals surface area (Å²) in [5.74, 6) is 0.254. The van der Waals surface area contributed by atoms with Gasteiger partial charge in [-0.05, 0) is 83.3 Å².